The lowest BCUT2D eigenvalue weighted by Crippen LogP contribution is -2.38. The molecule has 0 spiro atoms. The van der Waals surface area contributed by atoms with Gasteiger partial charge in [-0.3, -0.25) is 9.69 Å². The molecule has 1 aromatic heterocycles. The van der Waals surface area contributed by atoms with Crippen molar-refractivity contribution in [2.45, 2.75) is 49.6 Å². The third-order valence-electron chi connectivity index (χ3n) is 6.87. The molecule has 1 saturated carbocycles. The lowest BCUT2D eigenvalue weighted by atomic mass is 9.96. The maximum Gasteiger partial charge on any atom is 0.260 e. The molecule has 9 heteroatoms. The van der Waals surface area contributed by atoms with Crippen LogP contribution in [0.3, 0.4) is 0 Å². The summed E-state index contributed by atoms with van der Waals surface area (Å²) in [5.74, 6) is -0.674. The molecular weight excluding hydrogens is 509 g/mol. The fourth-order valence-corrected chi connectivity index (χ4v) is 7.13. The van der Waals surface area contributed by atoms with Crippen molar-refractivity contribution >= 4 is 42.6 Å². The van der Waals surface area contributed by atoms with Crippen LogP contribution in [0.1, 0.15) is 48.0 Å². The molecular formula is C28H28FN3O3S2. The Hall–Kier alpha value is -3.14. The minimum Gasteiger partial charge on any atom is -0.279 e. The molecule has 0 N–H and O–H groups in total. The molecule has 0 atom stereocenters. The predicted molar refractivity (Wildman–Crippen MR) is 145 cm³/mol. The first-order valence-electron chi connectivity index (χ1n) is 12.3. The number of aromatic nitrogens is 1. The van der Waals surface area contributed by atoms with E-state index in [0.717, 1.165) is 37.7 Å². The van der Waals surface area contributed by atoms with E-state index >= 15 is 0 Å². The molecule has 1 heterocycles. The van der Waals surface area contributed by atoms with E-state index in [1.807, 2.05) is 30.3 Å². The molecule has 37 heavy (non-hydrogen) atoms. The van der Waals surface area contributed by atoms with Crippen molar-refractivity contribution in [3.63, 3.8) is 0 Å². The van der Waals surface area contributed by atoms with Gasteiger partial charge in [0.1, 0.15) is 5.82 Å². The molecule has 1 amide bonds. The summed E-state index contributed by atoms with van der Waals surface area (Å²) in [7, 11) is -2.02. The molecule has 6 nitrogen and oxygen atoms in total. The fourth-order valence-electron chi connectivity index (χ4n) is 4.73. The fraction of sp³-hybridized carbons (Fsp3) is 0.286. The van der Waals surface area contributed by atoms with Crippen LogP contribution in [-0.4, -0.2) is 36.7 Å². The van der Waals surface area contributed by atoms with Crippen molar-refractivity contribution in [3.05, 3.63) is 89.7 Å². The number of anilines is 1. The number of hydrogen-bond acceptors (Lipinski definition) is 5. The van der Waals surface area contributed by atoms with Crippen molar-refractivity contribution in [3.8, 4) is 0 Å². The molecule has 0 unspecified atom stereocenters. The zero-order chi connectivity index (χ0) is 26.0. The third-order valence-corrected chi connectivity index (χ3v) is 9.83. The quantitative estimate of drug-likeness (QED) is 0.280. The Balaban J connectivity index is 1.44. The van der Waals surface area contributed by atoms with E-state index in [2.05, 4.69) is 4.98 Å². The van der Waals surface area contributed by atoms with Gasteiger partial charge in [0.2, 0.25) is 10.0 Å². The summed E-state index contributed by atoms with van der Waals surface area (Å²) >= 11 is 1.24. The Bertz CT molecular complexity index is 1500. The van der Waals surface area contributed by atoms with Crippen molar-refractivity contribution in [1.29, 1.82) is 0 Å². The zero-order valence-electron chi connectivity index (χ0n) is 20.5. The average Bonchev–Trinajstić information content (AvgIpc) is 3.35. The molecule has 5 rings (SSSR count). The van der Waals surface area contributed by atoms with Gasteiger partial charge in [0.05, 0.1) is 21.7 Å². The second-order valence-electron chi connectivity index (χ2n) is 9.32. The molecule has 4 aromatic rings. The second kappa shape index (κ2) is 10.7. The summed E-state index contributed by atoms with van der Waals surface area (Å²) < 4.78 is 42.4. The largest absolute Gasteiger partial charge is 0.279 e. The van der Waals surface area contributed by atoms with E-state index in [4.69, 9.17) is 0 Å². The first kappa shape index (κ1) is 25.5. The van der Waals surface area contributed by atoms with Gasteiger partial charge < -0.3 is 0 Å². The summed E-state index contributed by atoms with van der Waals surface area (Å²) in [4.78, 5) is 20.0. The number of carbonyl (C=O) groups excluding carboxylic acids is 1. The van der Waals surface area contributed by atoms with Crippen LogP contribution in [0.25, 0.3) is 10.2 Å². The Morgan fingerprint density at radius 2 is 1.70 bits per heavy atom. The number of nitrogens with zero attached hydrogens (tertiary/aromatic N) is 3. The van der Waals surface area contributed by atoms with Crippen LogP contribution in [0.5, 0.6) is 0 Å². The van der Waals surface area contributed by atoms with Crippen LogP contribution < -0.4 is 4.90 Å². The van der Waals surface area contributed by atoms with Gasteiger partial charge in [0.15, 0.2) is 5.13 Å². The lowest BCUT2D eigenvalue weighted by Gasteiger charge is -2.30. The number of benzene rings is 3. The number of amides is 1. The summed E-state index contributed by atoms with van der Waals surface area (Å²) in [6, 6.07) is 20.0. The normalized spacial score (nSPS) is 14.8. The Kier molecular flexibility index (Phi) is 7.37. The standard InChI is InChI=1S/C28H28FN3O3S2/c1-31(23-10-6-3-7-11-23)37(34,35)24-15-12-21(13-16-24)27(33)32(19-20-8-4-2-5-9-20)28-30-25-17-14-22(29)18-26(25)36-28/h2,4-5,8-9,12-18,23H,3,6-7,10-11,19H2,1H3. The molecule has 3 aromatic carbocycles. The highest BCUT2D eigenvalue weighted by Crippen LogP contribution is 2.32. The summed E-state index contributed by atoms with van der Waals surface area (Å²) in [5, 5.41) is 0.447. The third kappa shape index (κ3) is 5.44. The van der Waals surface area contributed by atoms with Gasteiger partial charge in [-0.1, -0.05) is 60.9 Å². The molecule has 0 aliphatic heterocycles. The van der Waals surface area contributed by atoms with Gasteiger partial charge in [-0.05, 0) is 60.9 Å². The molecule has 1 aliphatic rings. The van der Waals surface area contributed by atoms with E-state index in [0.29, 0.717) is 20.9 Å². The first-order chi connectivity index (χ1) is 17.8. The first-order valence-corrected chi connectivity index (χ1v) is 14.6. The second-order valence-corrected chi connectivity index (χ2v) is 12.3. The predicted octanol–water partition coefficient (Wildman–Crippen LogP) is 6.24. The molecule has 1 fully saturated rings. The van der Waals surface area contributed by atoms with E-state index in [9.17, 15) is 17.6 Å². The number of thiazole rings is 1. The lowest BCUT2D eigenvalue weighted by molar-refractivity contribution is 0.0985. The highest BCUT2D eigenvalue weighted by Gasteiger charge is 2.29. The summed E-state index contributed by atoms with van der Waals surface area (Å²) in [6.45, 7) is 0.270. The van der Waals surface area contributed by atoms with Crippen LogP contribution in [0.4, 0.5) is 9.52 Å². The van der Waals surface area contributed by atoms with Crippen molar-refractivity contribution in [2.75, 3.05) is 11.9 Å². The number of carbonyl (C=O) groups is 1. The van der Waals surface area contributed by atoms with Crippen molar-refractivity contribution in [1.82, 2.24) is 9.29 Å². The highest BCUT2D eigenvalue weighted by atomic mass is 32.2. The van der Waals surface area contributed by atoms with Crippen LogP contribution >= 0.6 is 11.3 Å². The molecule has 0 radical (unpaired) electrons. The maximum atomic E-state index is 13.8. The van der Waals surface area contributed by atoms with Crippen LogP contribution in [-0.2, 0) is 16.6 Å². The van der Waals surface area contributed by atoms with E-state index in [1.54, 1.807) is 30.1 Å². The number of halogens is 1. The molecule has 1 aliphatic carbocycles. The van der Waals surface area contributed by atoms with Crippen molar-refractivity contribution < 1.29 is 17.6 Å². The minimum atomic E-state index is -3.66. The molecule has 0 bridgehead atoms. The monoisotopic (exact) mass is 537 g/mol. The van der Waals surface area contributed by atoms with Crippen LogP contribution in [0.15, 0.2) is 77.7 Å². The van der Waals surface area contributed by atoms with Gasteiger partial charge in [0, 0.05) is 18.7 Å². The van der Waals surface area contributed by atoms with Gasteiger partial charge in [0.25, 0.3) is 5.91 Å². The van der Waals surface area contributed by atoms with Crippen molar-refractivity contribution in [2.24, 2.45) is 0 Å². The van der Waals surface area contributed by atoms with E-state index in [1.165, 1.54) is 39.9 Å². The summed E-state index contributed by atoms with van der Waals surface area (Å²) in [6.07, 6.45) is 4.95. The number of sulfonamides is 1. The number of rotatable bonds is 7. The minimum absolute atomic E-state index is 0.00490. The Morgan fingerprint density at radius 3 is 2.41 bits per heavy atom. The smallest absolute Gasteiger partial charge is 0.260 e. The SMILES string of the molecule is CN(C1CCCCC1)S(=O)(=O)c1ccc(C(=O)N(Cc2ccccc2)c2nc3ccc(F)cc3s2)cc1. The summed E-state index contributed by atoms with van der Waals surface area (Å²) in [5.41, 5.74) is 1.87. The van der Waals surface area contributed by atoms with Crippen LogP contribution in [0, 0.1) is 5.82 Å². The zero-order valence-corrected chi connectivity index (χ0v) is 22.1. The van der Waals surface area contributed by atoms with Gasteiger partial charge in [-0.25, -0.2) is 17.8 Å². The topological polar surface area (TPSA) is 70.6 Å². The van der Waals surface area contributed by atoms with Gasteiger partial charge in [-0.2, -0.15) is 4.31 Å². The van der Waals surface area contributed by atoms with Gasteiger partial charge in [-0.15, -0.1) is 0 Å². The molecule has 0 saturated heterocycles. The number of fused-ring (bicyclic) bond motifs is 1. The highest BCUT2D eigenvalue weighted by molar-refractivity contribution is 7.89. The maximum absolute atomic E-state index is 13.8. The molecule has 192 valence electrons. The Morgan fingerprint density at radius 1 is 1.00 bits per heavy atom. The van der Waals surface area contributed by atoms with E-state index < -0.39 is 10.0 Å². The number of hydrogen-bond donors (Lipinski definition) is 0. The van der Waals surface area contributed by atoms with Gasteiger partial charge >= 0.3 is 0 Å². The van der Waals surface area contributed by atoms with Crippen LogP contribution in [0.2, 0.25) is 0 Å². The van der Waals surface area contributed by atoms with E-state index in [-0.39, 0.29) is 29.2 Å². The average molecular weight is 538 g/mol. The Labute approximate surface area is 220 Å².